The fraction of sp³-hybridized carbons (Fsp3) is 0.200. The van der Waals surface area contributed by atoms with Gasteiger partial charge in [-0.25, -0.2) is 4.98 Å². The molecule has 2 aromatic heterocycles. The molecule has 1 aliphatic rings. The van der Waals surface area contributed by atoms with Crippen LogP contribution in [-0.2, 0) is 6.42 Å². The smallest absolute Gasteiger partial charge is 0.140 e. The first-order chi connectivity index (χ1) is 9.40. The Bertz CT molecular complexity index is 687. The lowest BCUT2D eigenvalue weighted by atomic mass is 10.0. The predicted molar refractivity (Wildman–Crippen MR) is 76.1 cm³/mol. The van der Waals surface area contributed by atoms with Gasteiger partial charge in [-0.15, -0.1) is 0 Å². The molecule has 94 valence electrons. The third-order valence-electron chi connectivity index (χ3n) is 3.58. The topological polar surface area (TPSA) is 53.6 Å². The average molecular weight is 250 g/mol. The number of anilines is 1. The maximum atomic E-state index is 4.66. The Morgan fingerprint density at radius 3 is 3.11 bits per heavy atom. The van der Waals surface area contributed by atoms with Crippen LogP contribution in [0, 0.1) is 0 Å². The molecule has 0 aliphatic carbocycles. The highest BCUT2D eigenvalue weighted by Crippen LogP contribution is 2.28. The molecule has 4 nitrogen and oxygen atoms in total. The molecule has 3 heterocycles. The van der Waals surface area contributed by atoms with Crippen molar-refractivity contribution in [1.29, 1.82) is 0 Å². The van der Waals surface area contributed by atoms with Crippen molar-refractivity contribution < 1.29 is 0 Å². The van der Waals surface area contributed by atoms with Crippen LogP contribution in [0.5, 0.6) is 0 Å². The molecule has 1 aromatic carbocycles. The third-order valence-corrected chi connectivity index (χ3v) is 3.58. The van der Waals surface area contributed by atoms with Crippen molar-refractivity contribution in [3.05, 3.63) is 42.2 Å². The Balaban J connectivity index is 1.87. The number of imidazole rings is 1. The first-order valence-electron chi connectivity index (χ1n) is 6.57. The van der Waals surface area contributed by atoms with E-state index in [-0.39, 0.29) is 0 Å². The Morgan fingerprint density at radius 1 is 1.21 bits per heavy atom. The zero-order chi connectivity index (χ0) is 12.7. The van der Waals surface area contributed by atoms with E-state index in [0.717, 1.165) is 35.4 Å². The maximum Gasteiger partial charge on any atom is 0.140 e. The minimum Gasteiger partial charge on any atom is -0.385 e. The summed E-state index contributed by atoms with van der Waals surface area (Å²) in [6.07, 6.45) is 5.94. The third kappa shape index (κ3) is 1.76. The van der Waals surface area contributed by atoms with E-state index >= 15 is 0 Å². The van der Waals surface area contributed by atoms with Gasteiger partial charge in [0.25, 0.3) is 0 Å². The van der Waals surface area contributed by atoms with Gasteiger partial charge in [0, 0.05) is 30.2 Å². The second-order valence-electron chi connectivity index (χ2n) is 4.88. The number of hydrogen-bond donors (Lipinski definition) is 2. The van der Waals surface area contributed by atoms with Gasteiger partial charge in [0.05, 0.1) is 11.0 Å². The molecule has 1 aliphatic heterocycles. The average Bonchev–Trinajstić information content (AvgIpc) is 2.88. The molecule has 0 atom stereocenters. The summed E-state index contributed by atoms with van der Waals surface area (Å²) < 4.78 is 0. The number of aromatic amines is 1. The number of nitrogens with zero attached hydrogens (tertiary/aromatic N) is 2. The quantitative estimate of drug-likeness (QED) is 0.698. The van der Waals surface area contributed by atoms with Crippen LogP contribution in [0.25, 0.3) is 22.4 Å². The standard InChI is InChI=1S/C15H14N4/c1-4-11(9-16-5-1)15-18-13-7-10-3-2-6-17-12(10)8-14(13)19-15/h1,4-5,7-9,17H,2-3,6H2,(H,18,19). The van der Waals surface area contributed by atoms with Gasteiger partial charge in [0.15, 0.2) is 0 Å². The van der Waals surface area contributed by atoms with Crippen LogP contribution in [-0.4, -0.2) is 21.5 Å². The van der Waals surface area contributed by atoms with Crippen LogP contribution in [0.3, 0.4) is 0 Å². The molecule has 4 heteroatoms. The largest absolute Gasteiger partial charge is 0.385 e. The van der Waals surface area contributed by atoms with Crippen LogP contribution in [0.2, 0.25) is 0 Å². The fourth-order valence-corrected chi connectivity index (χ4v) is 2.61. The number of aryl methyl sites for hydroxylation is 1. The van der Waals surface area contributed by atoms with E-state index in [1.165, 1.54) is 17.7 Å². The summed E-state index contributed by atoms with van der Waals surface area (Å²) >= 11 is 0. The highest BCUT2D eigenvalue weighted by Gasteiger charge is 2.12. The van der Waals surface area contributed by atoms with Gasteiger partial charge < -0.3 is 10.3 Å². The number of aromatic nitrogens is 3. The van der Waals surface area contributed by atoms with Crippen molar-refractivity contribution in [2.45, 2.75) is 12.8 Å². The van der Waals surface area contributed by atoms with Gasteiger partial charge in [-0.05, 0) is 42.7 Å². The molecular formula is C15H14N4. The normalized spacial score (nSPS) is 14.1. The predicted octanol–water partition coefficient (Wildman–Crippen LogP) is 2.98. The Kier molecular flexibility index (Phi) is 2.27. The Hall–Kier alpha value is -2.36. The van der Waals surface area contributed by atoms with Crippen molar-refractivity contribution in [3.63, 3.8) is 0 Å². The highest BCUT2D eigenvalue weighted by atomic mass is 14.9. The second-order valence-corrected chi connectivity index (χ2v) is 4.88. The number of rotatable bonds is 1. The zero-order valence-electron chi connectivity index (χ0n) is 10.5. The summed E-state index contributed by atoms with van der Waals surface area (Å²) in [5.41, 5.74) is 5.72. The van der Waals surface area contributed by atoms with Gasteiger partial charge in [-0.1, -0.05) is 0 Å². The van der Waals surface area contributed by atoms with E-state index in [0.29, 0.717) is 0 Å². The number of benzene rings is 1. The summed E-state index contributed by atoms with van der Waals surface area (Å²) in [5.74, 6) is 0.880. The lowest BCUT2D eigenvalue weighted by Gasteiger charge is -2.17. The SMILES string of the molecule is c1cncc(-c2nc3cc4c(cc3[nH]2)CCCN4)c1. The van der Waals surface area contributed by atoms with Crippen LogP contribution < -0.4 is 5.32 Å². The summed E-state index contributed by atoms with van der Waals surface area (Å²) in [6.45, 7) is 1.05. The number of pyridine rings is 1. The molecule has 2 N–H and O–H groups in total. The van der Waals surface area contributed by atoms with Crippen LogP contribution in [0.4, 0.5) is 5.69 Å². The molecule has 0 saturated carbocycles. The lowest BCUT2D eigenvalue weighted by Crippen LogP contribution is -2.11. The molecule has 0 bridgehead atoms. The Labute approximate surface area is 110 Å². The second kappa shape index (κ2) is 4.09. The minimum absolute atomic E-state index is 0.880. The van der Waals surface area contributed by atoms with E-state index in [2.05, 4.69) is 32.4 Å². The summed E-state index contributed by atoms with van der Waals surface area (Å²) in [4.78, 5) is 12.2. The molecule has 0 radical (unpaired) electrons. The van der Waals surface area contributed by atoms with Crippen molar-refractivity contribution in [3.8, 4) is 11.4 Å². The van der Waals surface area contributed by atoms with Crippen LogP contribution in [0.15, 0.2) is 36.7 Å². The number of H-pyrrole nitrogens is 1. The van der Waals surface area contributed by atoms with E-state index in [9.17, 15) is 0 Å². The van der Waals surface area contributed by atoms with Gasteiger partial charge in [0.2, 0.25) is 0 Å². The molecular weight excluding hydrogens is 236 g/mol. The van der Waals surface area contributed by atoms with E-state index in [4.69, 9.17) is 0 Å². The Morgan fingerprint density at radius 2 is 2.21 bits per heavy atom. The van der Waals surface area contributed by atoms with Crippen molar-refractivity contribution in [2.75, 3.05) is 11.9 Å². The van der Waals surface area contributed by atoms with Crippen LogP contribution in [0.1, 0.15) is 12.0 Å². The summed E-state index contributed by atoms with van der Waals surface area (Å²) in [5, 5.41) is 3.44. The van der Waals surface area contributed by atoms with Crippen molar-refractivity contribution >= 4 is 16.7 Å². The maximum absolute atomic E-state index is 4.66. The molecule has 4 rings (SSSR count). The first-order valence-corrected chi connectivity index (χ1v) is 6.57. The number of hydrogen-bond acceptors (Lipinski definition) is 3. The number of nitrogens with one attached hydrogen (secondary N) is 2. The summed E-state index contributed by atoms with van der Waals surface area (Å²) in [7, 11) is 0. The van der Waals surface area contributed by atoms with E-state index in [1.54, 1.807) is 6.20 Å². The monoisotopic (exact) mass is 250 g/mol. The molecule has 19 heavy (non-hydrogen) atoms. The van der Waals surface area contributed by atoms with Gasteiger partial charge in [-0.3, -0.25) is 4.98 Å². The first kappa shape index (κ1) is 10.6. The highest BCUT2D eigenvalue weighted by molar-refractivity contribution is 5.84. The molecule has 0 unspecified atom stereocenters. The zero-order valence-corrected chi connectivity index (χ0v) is 10.5. The van der Waals surface area contributed by atoms with Crippen molar-refractivity contribution in [2.24, 2.45) is 0 Å². The van der Waals surface area contributed by atoms with Crippen LogP contribution >= 0.6 is 0 Å². The molecule has 3 aromatic rings. The molecule has 0 amide bonds. The van der Waals surface area contributed by atoms with Gasteiger partial charge >= 0.3 is 0 Å². The van der Waals surface area contributed by atoms with Crippen molar-refractivity contribution in [1.82, 2.24) is 15.0 Å². The van der Waals surface area contributed by atoms with E-state index in [1.807, 2.05) is 18.3 Å². The minimum atomic E-state index is 0.880. The van der Waals surface area contributed by atoms with E-state index < -0.39 is 0 Å². The molecule has 0 saturated heterocycles. The number of fused-ring (bicyclic) bond motifs is 2. The molecule has 0 fully saturated rings. The van der Waals surface area contributed by atoms with Gasteiger partial charge in [-0.2, -0.15) is 0 Å². The van der Waals surface area contributed by atoms with Gasteiger partial charge in [0.1, 0.15) is 5.82 Å². The molecule has 0 spiro atoms. The fourth-order valence-electron chi connectivity index (χ4n) is 2.61. The lowest BCUT2D eigenvalue weighted by molar-refractivity contribution is 0.831. The summed E-state index contributed by atoms with van der Waals surface area (Å²) in [6, 6.07) is 8.29.